The highest BCUT2D eigenvalue weighted by molar-refractivity contribution is 5.96. The zero-order valence-electron chi connectivity index (χ0n) is 14.5. The van der Waals surface area contributed by atoms with Crippen LogP contribution >= 0.6 is 0 Å². The van der Waals surface area contributed by atoms with Crippen LogP contribution in [0.2, 0.25) is 0 Å². The van der Waals surface area contributed by atoms with E-state index in [9.17, 15) is 4.79 Å². The first-order valence-corrected chi connectivity index (χ1v) is 8.33. The van der Waals surface area contributed by atoms with Crippen LogP contribution < -0.4 is 15.0 Å². The van der Waals surface area contributed by atoms with Crippen LogP contribution in [0.25, 0.3) is 0 Å². The summed E-state index contributed by atoms with van der Waals surface area (Å²) in [5, 5.41) is 11.5. The lowest BCUT2D eigenvalue weighted by Gasteiger charge is -2.35. The highest BCUT2D eigenvalue weighted by Crippen LogP contribution is 2.19. The Hall–Kier alpha value is -2.90. The van der Waals surface area contributed by atoms with Gasteiger partial charge in [0.15, 0.2) is 5.82 Å². The van der Waals surface area contributed by atoms with E-state index in [2.05, 4.69) is 25.4 Å². The molecular formula is C17H22N6O2. The van der Waals surface area contributed by atoms with Crippen LogP contribution in [0.3, 0.4) is 0 Å². The van der Waals surface area contributed by atoms with Crippen LogP contribution in [0.5, 0.6) is 5.88 Å². The molecule has 2 aromatic heterocycles. The smallest absolute Gasteiger partial charge is 0.259 e. The largest absolute Gasteiger partial charge is 0.480 e. The van der Waals surface area contributed by atoms with E-state index in [1.54, 1.807) is 18.3 Å². The number of piperazine rings is 1. The molecule has 0 radical (unpaired) electrons. The summed E-state index contributed by atoms with van der Waals surface area (Å²) in [6, 6.07) is 7.36. The van der Waals surface area contributed by atoms with E-state index in [4.69, 9.17) is 4.74 Å². The molecule has 3 rings (SSSR count). The second kappa shape index (κ2) is 7.78. The average Bonchev–Trinajstić information content (AvgIpc) is 2.68. The van der Waals surface area contributed by atoms with Gasteiger partial charge in [0, 0.05) is 38.9 Å². The monoisotopic (exact) mass is 342 g/mol. The number of rotatable bonds is 5. The lowest BCUT2D eigenvalue weighted by atomic mass is 10.2. The maximum absolute atomic E-state index is 12.7. The summed E-state index contributed by atoms with van der Waals surface area (Å²) in [5.74, 6) is 1.90. The number of aromatic nitrogens is 3. The van der Waals surface area contributed by atoms with Crippen molar-refractivity contribution in [2.75, 3.05) is 50.1 Å². The van der Waals surface area contributed by atoms with Crippen molar-refractivity contribution in [1.29, 1.82) is 0 Å². The van der Waals surface area contributed by atoms with Crippen molar-refractivity contribution in [3.8, 4) is 5.88 Å². The molecule has 3 heterocycles. The number of nitrogens with one attached hydrogen (secondary N) is 1. The van der Waals surface area contributed by atoms with Crippen molar-refractivity contribution in [2.45, 2.75) is 6.92 Å². The van der Waals surface area contributed by atoms with Gasteiger partial charge in [-0.2, -0.15) is 0 Å². The van der Waals surface area contributed by atoms with E-state index in [1.165, 1.54) is 7.11 Å². The Morgan fingerprint density at radius 1 is 1.20 bits per heavy atom. The first-order valence-electron chi connectivity index (χ1n) is 8.33. The van der Waals surface area contributed by atoms with Gasteiger partial charge in [-0.05, 0) is 31.2 Å². The topological polar surface area (TPSA) is 83.5 Å². The summed E-state index contributed by atoms with van der Waals surface area (Å²) < 4.78 is 5.19. The average molecular weight is 342 g/mol. The zero-order valence-corrected chi connectivity index (χ0v) is 14.5. The third kappa shape index (κ3) is 3.78. The Balaban J connectivity index is 1.62. The van der Waals surface area contributed by atoms with Crippen LogP contribution in [0.15, 0.2) is 30.5 Å². The molecule has 25 heavy (non-hydrogen) atoms. The molecule has 132 valence electrons. The van der Waals surface area contributed by atoms with Crippen molar-refractivity contribution < 1.29 is 9.53 Å². The minimum Gasteiger partial charge on any atom is -0.480 e. The molecule has 1 amide bonds. The fraction of sp³-hybridized carbons (Fsp3) is 0.412. The number of ether oxygens (including phenoxy) is 1. The molecule has 0 aliphatic carbocycles. The lowest BCUT2D eigenvalue weighted by molar-refractivity contribution is 0.0742. The van der Waals surface area contributed by atoms with Crippen molar-refractivity contribution in [3.63, 3.8) is 0 Å². The summed E-state index contributed by atoms with van der Waals surface area (Å²) in [6.07, 6.45) is 1.61. The molecule has 1 N–H and O–H groups in total. The van der Waals surface area contributed by atoms with Gasteiger partial charge in [0.25, 0.3) is 5.91 Å². The first-order chi connectivity index (χ1) is 12.2. The Morgan fingerprint density at radius 3 is 2.64 bits per heavy atom. The number of hydrogen-bond acceptors (Lipinski definition) is 7. The molecule has 0 bridgehead atoms. The molecule has 0 spiro atoms. The zero-order chi connectivity index (χ0) is 17.6. The predicted octanol–water partition coefficient (Wildman–Crippen LogP) is 1.27. The Kier molecular flexibility index (Phi) is 5.27. The van der Waals surface area contributed by atoms with E-state index in [-0.39, 0.29) is 5.91 Å². The van der Waals surface area contributed by atoms with Crippen LogP contribution in [-0.2, 0) is 0 Å². The van der Waals surface area contributed by atoms with E-state index >= 15 is 0 Å². The molecule has 0 aromatic carbocycles. The van der Waals surface area contributed by atoms with Crippen molar-refractivity contribution in [1.82, 2.24) is 20.1 Å². The fourth-order valence-corrected chi connectivity index (χ4v) is 2.79. The number of nitrogens with zero attached hydrogens (tertiary/aromatic N) is 5. The molecule has 1 aliphatic rings. The van der Waals surface area contributed by atoms with E-state index in [0.717, 1.165) is 18.2 Å². The fourth-order valence-electron chi connectivity index (χ4n) is 2.79. The van der Waals surface area contributed by atoms with Crippen LogP contribution in [0.4, 0.5) is 11.6 Å². The van der Waals surface area contributed by atoms with Gasteiger partial charge in [0.05, 0.1) is 7.11 Å². The van der Waals surface area contributed by atoms with Crippen LogP contribution in [-0.4, -0.2) is 65.8 Å². The minimum atomic E-state index is -0.0572. The van der Waals surface area contributed by atoms with Gasteiger partial charge in [0.2, 0.25) is 5.88 Å². The van der Waals surface area contributed by atoms with E-state index in [1.807, 2.05) is 24.0 Å². The normalized spacial score (nSPS) is 14.3. The van der Waals surface area contributed by atoms with Gasteiger partial charge >= 0.3 is 0 Å². The van der Waals surface area contributed by atoms with E-state index < -0.39 is 0 Å². The SMILES string of the molecule is CCNc1ccc(N2CCN(C(=O)c3cccnc3OC)CC2)nn1. The minimum absolute atomic E-state index is 0.0572. The molecule has 8 heteroatoms. The molecular weight excluding hydrogens is 320 g/mol. The summed E-state index contributed by atoms with van der Waals surface area (Å²) >= 11 is 0. The molecule has 2 aromatic rings. The number of methoxy groups -OCH3 is 1. The molecule has 0 saturated carbocycles. The third-order valence-corrected chi connectivity index (χ3v) is 4.09. The summed E-state index contributed by atoms with van der Waals surface area (Å²) in [4.78, 5) is 20.7. The van der Waals surface area contributed by atoms with Crippen molar-refractivity contribution >= 4 is 17.5 Å². The van der Waals surface area contributed by atoms with Crippen molar-refractivity contribution in [3.05, 3.63) is 36.0 Å². The second-order valence-electron chi connectivity index (χ2n) is 5.65. The number of carbonyl (C=O) groups is 1. The van der Waals surface area contributed by atoms with Gasteiger partial charge < -0.3 is 19.9 Å². The molecule has 0 atom stereocenters. The Morgan fingerprint density at radius 2 is 2.00 bits per heavy atom. The number of carbonyl (C=O) groups excluding carboxylic acids is 1. The quantitative estimate of drug-likeness (QED) is 0.876. The third-order valence-electron chi connectivity index (χ3n) is 4.09. The number of amides is 1. The summed E-state index contributed by atoms with van der Waals surface area (Å²) in [6.45, 7) is 5.49. The Labute approximate surface area is 146 Å². The standard InChI is InChI=1S/C17H22N6O2/c1-3-18-14-6-7-15(21-20-14)22-9-11-23(12-10-22)17(24)13-5-4-8-19-16(13)25-2/h4-8H,3,9-12H2,1-2H3,(H,18,20). The van der Waals surface area contributed by atoms with Crippen molar-refractivity contribution in [2.24, 2.45) is 0 Å². The first kappa shape index (κ1) is 16.9. The lowest BCUT2D eigenvalue weighted by Crippen LogP contribution is -2.49. The Bertz CT molecular complexity index is 713. The molecule has 8 nitrogen and oxygen atoms in total. The molecule has 1 fully saturated rings. The molecule has 1 saturated heterocycles. The maximum Gasteiger partial charge on any atom is 0.259 e. The van der Waals surface area contributed by atoms with Gasteiger partial charge in [-0.25, -0.2) is 4.98 Å². The number of anilines is 2. The predicted molar refractivity (Wildman–Crippen MR) is 95.1 cm³/mol. The highest BCUT2D eigenvalue weighted by atomic mass is 16.5. The molecule has 0 unspecified atom stereocenters. The number of pyridine rings is 1. The summed E-state index contributed by atoms with van der Waals surface area (Å²) in [5.41, 5.74) is 0.494. The van der Waals surface area contributed by atoms with Gasteiger partial charge in [0.1, 0.15) is 11.4 Å². The van der Waals surface area contributed by atoms with Crippen LogP contribution in [0, 0.1) is 0 Å². The van der Waals surface area contributed by atoms with Gasteiger partial charge in [-0.1, -0.05) is 0 Å². The van der Waals surface area contributed by atoms with Gasteiger partial charge in [-0.15, -0.1) is 10.2 Å². The second-order valence-corrected chi connectivity index (χ2v) is 5.65. The summed E-state index contributed by atoms with van der Waals surface area (Å²) in [7, 11) is 1.52. The maximum atomic E-state index is 12.7. The van der Waals surface area contributed by atoms with Crippen LogP contribution in [0.1, 0.15) is 17.3 Å². The molecule has 1 aliphatic heterocycles. The van der Waals surface area contributed by atoms with Gasteiger partial charge in [-0.3, -0.25) is 4.79 Å². The van der Waals surface area contributed by atoms with E-state index in [0.29, 0.717) is 37.6 Å². The number of hydrogen-bond donors (Lipinski definition) is 1. The highest BCUT2D eigenvalue weighted by Gasteiger charge is 2.25.